The number of rotatable bonds is 6. The summed E-state index contributed by atoms with van der Waals surface area (Å²) in [5.41, 5.74) is 2.58. The zero-order chi connectivity index (χ0) is 23.7. The third kappa shape index (κ3) is 4.69. The Morgan fingerprint density at radius 3 is 2.71 bits per heavy atom. The van der Waals surface area contributed by atoms with E-state index in [2.05, 4.69) is 14.8 Å². The zero-order valence-electron chi connectivity index (χ0n) is 19.1. The van der Waals surface area contributed by atoms with E-state index in [-0.39, 0.29) is 17.9 Å². The number of benzene rings is 2. The summed E-state index contributed by atoms with van der Waals surface area (Å²) in [5, 5.41) is 4.10. The maximum absolute atomic E-state index is 12.8. The first-order chi connectivity index (χ1) is 16.5. The number of carbonyl (C=O) groups excluding carboxylic acids is 1. The largest absolute Gasteiger partial charge is 0.494 e. The molecule has 7 nitrogen and oxygen atoms in total. The molecule has 1 amide bonds. The predicted octanol–water partition coefficient (Wildman–Crippen LogP) is 4.85. The molecular weight excluding hydrogens is 475 g/mol. The third-order valence-corrected chi connectivity index (χ3v) is 7.21. The monoisotopic (exact) mass is 502 g/mol. The van der Waals surface area contributed by atoms with Crippen LogP contribution in [0, 0.1) is 5.92 Å². The number of carbonyl (C=O) groups is 1. The summed E-state index contributed by atoms with van der Waals surface area (Å²) in [6, 6.07) is 11.7. The average molecular weight is 503 g/mol. The summed E-state index contributed by atoms with van der Waals surface area (Å²) in [4.78, 5) is 19.9. The van der Waals surface area contributed by atoms with Crippen LogP contribution in [0.25, 0.3) is 16.7 Å². The molecule has 0 spiro atoms. The van der Waals surface area contributed by atoms with Crippen molar-refractivity contribution in [3.63, 3.8) is 0 Å². The molecule has 2 aliphatic rings. The van der Waals surface area contributed by atoms with Crippen molar-refractivity contribution in [2.75, 3.05) is 37.8 Å². The molecule has 3 aromatic rings. The van der Waals surface area contributed by atoms with Gasteiger partial charge in [0.1, 0.15) is 5.75 Å². The molecule has 1 aromatic heterocycles. The summed E-state index contributed by atoms with van der Waals surface area (Å²) < 4.78 is 13.2. The SMILES string of the molecule is CCOc1cccc(-n2c(N3CCC(C(=O)N[C@@H]4CCOC4)CC3)nc3cc(Cl)c(Cl)cc32)c1. The van der Waals surface area contributed by atoms with Crippen molar-refractivity contribution in [2.45, 2.75) is 32.2 Å². The van der Waals surface area contributed by atoms with Crippen molar-refractivity contribution in [3.8, 4) is 11.4 Å². The van der Waals surface area contributed by atoms with Gasteiger partial charge < -0.3 is 19.7 Å². The highest BCUT2D eigenvalue weighted by Crippen LogP contribution is 2.35. The number of nitrogens with one attached hydrogen (secondary N) is 1. The molecule has 2 aliphatic heterocycles. The van der Waals surface area contributed by atoms with E-state index in [0.29, 0.717) is 23.3 Å². The van der Waals surface area contributed by atoms with E-state index >= 15 is 0 Å². The quantitative estimate of drug-likeness (QED) is 0.521. The lowest BCUT2D eigenvalue weighted by Gasteiger charge is -2.32. The number of aromatic nitrogens is 2. The topological polar surface area (TPSA) is 68.6 Å². The van der Waals surface area contributed by atoms with E-state index in [0.717, 1.165) is 67.4 Å². The maximum atomic E-state index is 12.8. The number of fused-ring (bicyclic) bond motifs is 1. The second-order valence-corrected chi connectivity index (χ2v) is 9.58. The highest BCUT2D eigenvalue weighted by Gasteiger charge is 2.30. The molecular formula is C25H28Cl2N4O3. The normalized spacial score (nSPS) is 19.0. The number of imidazole rings is 1. The Kier molecular flexibility index (Phi) is 6.86. The second-order valence-electron chi connectivity index (χ2n) is 8.76. The van der Waals surface area contributed by atoms with E-state index in [9.17, 15) is 4.79 Å². The minimum atomic E-state index is -0.000139. The fraction of sp³-hybridized carbons (Fsp3) is 0.440. The van der Waals surface area contributed by atoms with E-state index in [1.165, 1.54) is 0 Å². The van der Waals surface area contributed by atoms with Crippen molar-refractivity contribution in [2.24, 2.45) is 5.92 Å². The molecule has 1 N–H and O–H groups in total. The molecule has 34 heavy (non-hydrogen) atoms. The van der Waals surface area contributed by atoms with Crippen LogP contribution in [-0.2, 0) is 9.53 Å². The number of hydrogen-bond donors (Lipinski definition) is 1. The van der Waals surface area contributed by atoms with Crippen molar-refractivity contribution < 1.29 is 14.3 Å². The van der Waals surface area contributed by atoms with Gasteiger partial charge in [-0.05, 0) is 50.5 Å². The molecule has 180 valence electrons. The minimum Gasteiger partial charge on any atom is -0.494 e. The Morgan fingerprint density at radius 1 is 1.18 bits per heavy atom. The predicted molar refractivity (Wildman–Crippen MR) is 135 cm³/mol. The van der Waals surface area contributed by atoms with Gasteiger partial charge in [-0.3, -0.25) is 9.36 Å². The highest BCUT2D eigenvalue weighted by atomic mass is 35.5. The summed E-state index contributed by atoms with van der Waals surface area (Å²) >= 11 is 12.7. The van der Waals surface area contributed by atoms with Gasteiger partial charge in [0.2, 0.25) is 11.9 Å². The zero-order valence-corrected chi connectivity index (χ0v) is 20.6. The van der Waals surface area contributed by atoms with Crippen LogP contribution in [0.2, 0.25) is 10.0 Å². The number of ether oxygens (including phenoxy) is 2. The summed E-state index contributed by atoms with van der Waals surface area (Å²) in [5.74, 6) is 1.73. The first kappa shape index (κ1) is 23.3. The van der Waals surface area contributed by atoms with E-state index in [1.54, 1.807) is 6.07 Å². The number of halogens is 2. The molecule has 9 heteroatoms. The summed E-state index contributed by atoms with van der Waals surface area (Å²) in [7, 11) is 0. The molecule has 3 heterocycles. The van der Waals surface area contributed by atoms with Crippen LogP contribution in [-0.4, -0.2) is 54.4 Å². The van der Waals surface area contributed by atoms with Gasteiger partial charge in [-0.15, -0.1) is 0 Å². The second kappa shape index (κ2) is 10.0. The van der Waals surface area contributed by atoms with Gasteiger partial charge in [0.25, 0.3) is 0 Å². The molecule has 2 aromatic carbocycles. The molecule has 1 atom stereocenters. The lowest BCUT2D eigenvalue weighted by Crippen LogP contribution is -2.44. The summed E-state index contributed by atoms with van der Waals surface area (Å²) in [6.45, 7) is 5.35. The van der Waals surface area contributed by atoms with Gasteiger partial charge in [-0.25, -0.2) is 4.98 Å². The molecule has 2 saturated heterocycles. The maximum Gasteiger partial charge on any atom is 0.223 e. The van der Waals surface area contributed by atoms with Crippen molar-refractivity contribution in [1.82, 2.24) is 14.9 Å². The number of piperidine rings is 1. The number of anilines is 1. The van der Waals surface area contributed by atoms with Crippen LogP contribution in [0.5, 0.6) is 5.75 Å². The molecule has 0 radical (unpaired) electrons. The lowest BCUT2D eigenvalue weighted by atomic mass is 9.95. The van der Waals surface area contributed by atoms with Gasteiger partial charge in [0.15, 0.2) is 0 Å². The Bertz CT molecular complexity index is 1180. The van der Waals surface area contributed by atoms with Crippen molar-refractivity contribution in [1.29, 1.82) is 0 Å². The van der Waals surface area contributed by atoms with Crippen molar-refractivity contribution in [3.05, 3.63) is 46.4 Å². The number of hydrogen-bond acceptors (Lipinski definition) is 5. The van der Waals surface area contributed by atoms with E-state index < -0.39 is 0 Å². The molecule has 0 unspecified atom stereocenters. The standard InChI is InChI=1S/C25H28Cl2N4O3/c1-2-34-19-5-3-4-18(12-19)31-23-14-21(27)20(26)13-22(23)29-25(31)30-9-6-16(7-10-30)24(32)28-17-8-11-33-15-17/h3-5,12-14,16-17H,2,6-11,15H2,1H3,(H,28,32)/t17-/m1/s1. The summed E-state index contributed by atoms with van der Waals surface area (Å²) in [6.07, 6.45) is 2.42. The minimum absolute atomic E-state index is 0.000139. The Morgan fingerprint density at radius 2 is 1.97 bits per heavy atom. The van der Waals surface area contributed by atoms with Gasteiger partial charge in [0, 0.05) is 31.7 Å². The Hall–Kier alpha value is -2.48. The van der Waals surface area contributed by atoms with Gasteiger partial charge >= 0.3 is 0 Å². The Labute approximate surface area is 208 Å². The van der Waals surface area contributed by atoms with Crippen LogP contribution >= 0.6 is 23.2 Å². The first-order valence-electron chi connectivity index (χ1n) is 11.8. The number of amides is 1. The fourth-order valence-electron chi connectivity index (χ4n) is 4.71. The molecule has 0 saturated carbocycles. The molecule has 5 rings (SSSR count). The molecule has 2 fully saturated rings. The van der Waals surface area contributed by atoms with Crippen LogP contribution in [0.4, 0.5) is 5.95 Å². The van der Waals surface area contributed by atoms with Crippen LogP contribution < -0.4 is 15.0 Å². The van der Waals surface area contributed by atoms with E-state index in [1.807, 2.05) is 37.3 Å². The van der Waals surface area contributed by atoms with Crippen LogP contribution in [0.3, 0.4) is 0 Å². The average Bonchev–Trinajstić information content (AvgIpc) is 3.48. The van der Waals surface area contributed by atoms with Gasteiger partial charge in [-0.1, -0.05) is 29.3 Å². The Balaban J connectivity index is 1.43. The highest BCUT2D eigenvalue weighted by molar-refractivity contribution is 6.42. The van der Waals surface area contributed by atoms with Gasteiger partial charge in [-0.2, -0.15) is 0 Å². The third-order valence-electron chi connectivity index (χ3n) is 6.49. The first-order valence-corrected chi connectivity index (χ1v) is 12.5. The number of nitrogens with zero attached hydrogens (tertiary/aromatic N) is 3. The molecule has 0 aliphatic carbocycles. The lowest BCUT2D eigenvalue weighted by molar-refractivity contribution is -0.126. The van der Waals surface area contributed by atoms with E-state index in [4.69, 9.17) is 37.7 Å². The fourth-order valence-corrected chi connectivity index (χ4v) is 5.03. The van der Waals surface area contributed by atoms with Crippen LogP contribution in [0.1, 0.15) is 26.2 Å². The molecule has 0 bridgehead atoms. The van der Waals surface area contributed by atoms with Crippen molar-refractivity contribution >= 4 is 46.1 Å². The van der Waals surface area contributed by atoms with Crippen LogP contribution in [0.15, 0.2) is 36.4 Å². The smallest absolute Gasteiger partial charge is 0.223 e. The van der Waals surface area contributed by atoms with Gasteiger partial charge in [0.05, 0.1) is 46.0 Å².